The molecule has 0 amide bonds. The molecule has 0 aromatic heterocycles. The Morgan fingerprint density at radius 2 is 0.893 bits per heavy atom. The van der Waals surface area contributed by atoms with Crippen molar-refractivity contribution in [1.29, 1.82) is 0 Å². The van der Waals surface area contributed by atoms with E-state index in [1.54, 1.807) is 0 Å². The van der Waals surface area contributed by atoms with E-state index in [1.807, 2.05) is 0 Å². The molecule has 1 aliphatic rings. The second-order valence-electron chi connectivity index (χ2n) is 9.65. The van der Waals surface area contributed by atoms with Gasteiger partial charge in [-0.15, -0.1) is 0 Å². The number of rotatable bonds is 20. The molecule has 1 heterocycles. The number of hydrogen-bond acceptors (Lipinski definition) is 1. The predicted octanol–water partition coefficient (Wildman–Crippen LogP) is 9.80. The molecule has 0 saturated carbocycles. The van der Waals surface area contributed by atoms with E-state index >= 15 is 0 Å². The zero-order valence-electron chi connectivity index (χ0n) is 19.9. The minimum Gasteiger partial charge on any atom is -0.417 e. The van der Waals surface area contributed by atoms with E-state index in [-0.39, 0.29) is 0 Å². The molecule has 168 valence electrons. The van der Waals surface area contributed by atoms with Gasteiger partial charge >= 0.3 is 0 Å². The van der Waals surface area contributed by atoms with Crippen LogP contribution in [0.4, 0.5) is 0 Å². The molecule has 0 unspecified atom stereocenters. The molecule has 0 N–H and O–H groups in total. The monoisotopic (exact) mass is 410 g/mol. The Balaban J connectivity index is 2.05. The lowest BCUT2D eigenvalue weighted by Crippen LogP contribution is -2.41. The Morgan fingerprint density at radius 1 is 0.500 bits per heavy atom. The Hall–Kier alpha value is 0.177. The molecule has 2 heteroatoms. The third-order valence-electron chi connectivity index (χ3n) is 6.91. The van der Waals surface area contributed by atoms with Gasteiger partial charge in [-0.3, -0.25) is 0 Å². The Morgan fingerprint density at radius 3 is 1.25 bits per heavy atom. The van der Waals surface area contributed by atoms with Crippen LogP contribution < -0.4 is 0 Å². The summed E-state index contributed by atoms with van der Waals surface area (Å²) in [5, 5.41) is 0. The summed E-state index contributed by atoms with van der Waals surface area (Å²) in [4.78, 5) is 0. The van der Waals surface area contributed by atoms with Gasteiger partial charge in [-0.2, -0.15) is 0 Å². The molecule has 0 radical (unpaired) electrons. The molecule has 0 atom stereocenters. The van der Waals surface area contributed by atoms with Crippen LogP contribution in [0.3, 0.4) is 0 Å². The lowest BCUT2D eigenvalue weighted by Gasteiger charge is -2.35. The standard InChI is InChI=1S/C26H54OSi/c1-3-5-7-9-11-13-15-17-20-24-28(26-22-19-23-27-28)25-21-18-16-14-12-10-8-6-4-2/h3-26H2,1-2H3. The average molecular weight is 411 g/mol. The van der Waals surface area contributed by atoms with Crippen molar-refractivity contribution in [1.82, 2.24) is 0 Å². The van der Waals surface area contributed by atoms with Crippen LogP contribution in [0, 0.1) is 0 Å². The van der Waals surface area contributed by atoms with Gasteiger partial charge in [-0.25, -0.2) is 0 Å². The first kappa shape index (κ1) is 26.2. The van der Waals surface area contributed by atoms with Crippen molar-refractivity contribution in [3.8, 4) is 0 Å². The quantitative estimate of drug-likeness (QED) is 0.143. The second kappa shape index (κ2) is 19.2. The van der Waals surface area contributed by atoms with Gasteiger partial charge in [0.1, 0.15) is 0 Å². The van der Waals surface area contributed by atoms with Crippen LogP contribution in [0.25, 0.3) is 0 Å². The van der Waals surface area contributed by atoms with E-state index in [4.69, 9.17) is 4.43 Å². The van der Waals surface area contributed by atoms with Gasteiger partial charge in [0.25, 0.3) is 0 Å². The van der Waals surface area contributed by atoms with E-state index in [1.165, 1.54) is 147 Å². The van der Waals surface area contributed by atoms with E-state index in [2.05, 4.69) is 13.8 Å². The molecule has 0 spiro atoms. The van der Waals surface area contributed by atoms with E-state index in [0.29, 0.717) is 0 Å². The topological polar surface area (TPSA) is 9.23 Å². The fourth-order valence-corrected chi connectivity index (χ4v) is 9.39. The van der Waals surface area contributed by atoms with E-state index < -0.39 is 8.32 Å². The average Bonchev–Trinajstić information content (AvgIpc) is 2.72. The lowest BCUT2D eigenvalue weighted by molar-refractivity contribution is 0.263. The summed E-state index contributed by atoms with van der Waals surface area (Å²) in [5.41, 5.74) is 0. The molecule has 1 saturated heterocycles. The molecule has 28 heavy (non-hydrogen) atoms. The SMILES string of the molecule is CCCCCCCCCCC[Si]1(CCCCCCCCCCC)CCCCO1. The largest absolute Gasteiger partial charge is 0.417 e. The summed E-state index contributed by atoms with van der Waals surface area (Å²) in [5.74, 6) is 0. The van der Waals surface area contributed by atoms with Gasteiger partial charge in [-0.05, 0) is 24.6 Å². The summed E-state index contributed by atoms with van der Waals surface area (Å²) in [6.45, 7) is 5.70. The minimum absolute atomic E-state index is 1.08. The van der Waals surface area contributed by atoms with Crippen LogP contribution in [-0.2, 0) is 4.43 Å². The van der Waals surface area contributed by atoms with Crippen molar-refractivity contribution in [2.45, 2.75) is 160 Å². The highest BCUT2D eigenvalue weighted by Crippen LogP contribution is 2.33. The maximum Gasteiger partial charge on any atom is 0.192 e. The van der Waals surface area contributed by atoms with Crippen molar-refractivity contribution in [3.63, 3.8) is 0 Å². The summed E-state index contributed by atoms with van der Waals surface area (Å²) >= 11 is 0. The molecule has 1 aliphatic heterocycles. The summed E-state index contributed by atoms with van der Waals surface area (Å²) in [6, 6.07) is 4.42. The fourth-order valence-electron chi connectivity index (χ4n) is 4.95. The van der Waals surface area contributed by atoms with Gasteiger partial charge < -0.3 is 4.43 Å². The summed E-state index contributed by atoms with van der Waals surface area (Å²) in [6.07, 6.45) is 28.9. The van der Waals surface area contributed by atoms with Crippen LogP contribution in [0.15, 0.2) is 0 Å². The van der Waals surface area contributed by atoms with E-state index in [9.17, 15) is 0 Å². The molecule has 0 aromatic rings. The molecular weight excluding hydrogens is 356 g/mol. The van der Waals surface area contributed by atoms with Crippen molar-refractivity contribution < 1.29 is 4.43 Å². The third kappa shape index (κ3) is 14.2. The third-order valence-corrected chi connectivity index (χ3v) is 11.5. The van der Waals surface area contributed by atoms with Crippen LogP contribution in [0.5, 0.6) is 0 Å². The van der Waals surface area contributed by atoms with Crippen molar-refractivity contribution in [2.75, 3.05) is 6.61 Å². The smallest absolute Gasteiger partial charge is 0.192 e. The van der Waals surface area contributed by atoms with Gasteiger partial charge in [0.15, 0.2) is 8.32 Å². The Bertz CT molecular complexity index is 288. The van der Waals surface area contributed by atoms with Gasteiger partial charge in [0.2, 0.25) is 0 Å². The van der Waals surface area contributed by atoms with Crippen LogP contribution in [0.2, 0.25) is 18.1 Å². The Labute approximate surface area is 179 Å². The second-order valence-corrected chi connectivity index (χ2v) is 13.8. The van der Waals surface area contributed by atoms with Gasteiger partial charge in [0, 0.05) is 6.61 Å². The molecule has 0 bridgehead atoms. The highest BCUT2D eigenvalue weighted by atomic mass is 28.4. The van der Waals surface area contributed by atoms with Crippen molar-refractivity contribution in [3.05, 3.63) is 0 Å². The molecule has 1 fully saturated rings. The minimum atomic E-state index is -1.35. The predicted molar refractivity (Wildman–Crippen MR) is 130 cm³/mol. The number of hydrogen-bond donors (Lipinski definition) is 0. The summed E-state index contributed by atoms with van der Waals surface area (Å²) < 4.78 is 6.55. The molecule has 1 rings (SSSR count). The zero-order chi connectivity index (χ0) is 20.2. The van der Waals surface area contributed by atoms with Crippen LogP contribution in [0.1, 0.15) is 142 Å². The molecule has 0 aromatic carbocycles. The van der Waals surface area contributed by atoms with Gasteiger partial charge in [0.05, 0.1) is 0 Å². The van der Waals surface area contributed by atoms with Crippen molar-refractivity contribution >= 4 is 8.32 Å². The van der Waals surface area contributed by atoms with Crippen LogP contribution in [-0.4, -0.2) is 14.9 Å². The summed E-state index contributed by atoms with van der Waals surface area (Å²) in [7, 11) is -1.35. The first-order chi connectivity index (χ1) is 13.8. The highest BCUT2D eigenvalue weighted by molar-refractivity contribution is 6.73. The normalized spacial score (nSPS) is 16.5. The fraction of sp³-hybridized carbons (Fsp3) is 1.00. The lowest BCUT2D eigenvalue weighted by atomic mass is 10.1. The molecule has 1 nitrogen and oxygen atoms in total. The number of unbranched alkanes of at least 4 members (excludes halogenated alkanes) is 16. The molecular formula is C26H54OSi. The molecule has 0 aliphatic carbocycles. The van der Waals surface area contributed by atoms with Gasteiger partial charge in [-0.1, -0.05) is 136 Å². The highest BCUT2D eigenvalue weighted by Gasteiger charge is 2.35. The zero-order valence-corrected chi connectivity index (χ0v) is 20.9. The first-order valence-electron chi connectivity index (χ1n) is 13.5. The maximum absolute atomic E-state index is 6.55. The van der Waals surface area contributed by atoms with E-state index in [0.717, 1.165) is 6.61 Å². The van der Waals surface area contributed by atoms with Crippen LogP contribution >= 0.6 is 0 Å². The first-order valence-corrected chi connectivity index (χ1v) is 16.0. The van der Waals surface area contributed by atoms with Crippen molar-refractivity contribution in [2.24, 2.45) is 0 Å². The maximum atomic E-state index is 6.55. The Kier molecular flexibility index (Phi) is 17.9.